The van der Waals surface area contributed by atoms with Crippen molar-refractivity contribution < 1.29 is 0 Å². The normalized spacial score (nSPS) is 18.7. The van der Waals surface area contributed by atoms with Gasteiger partial charge in [0.25, 0.3) is 0 Å². The molecule has 2 rings (SSSR count). The maximum atomic E-state index is 2.51. The van der Waals surface area contributed by atoms with Crippen LogP contribution in [0.5, 0.6) is 0 Å². The zero-order valence-corrected chi connectivity index (χ0v) is 10.1. The van der Waals surface area contributed by atoms with E-state index >= 15 is 0 Å². The third kappa shape index (κ3) is 1.86. The molecule has 0 heterocycles. The van der Waals surface area contributed by atoms with E-state index in [9.17, 15) is 0 Å². The zero-order valence-electron chi connectivity index (χ0n) is 9.24. The van der Waals surface area contributed by atoms with Gasteiger partial charge in [-0.25, -0.2) is 0 Å². The lowest BCUT2D eigenvalue weighted by Crippen LogP contribution is -2.19. The molecule has 0 saturated heterocycles. The molecule has 0 aliphatic heterocycles. The van der Waals surface area contributed by atoms with Gasteiger partial charge in [0.15, 0.2) is 0 Å². The molecule has 1 fully saturated rings. The molecule has 0 atom stereocenters. The van der Waals surface area contributed by atoms with Crippen LogP contribution in [0.15, 0.2) is 30.3 Å². The van der Waals surface area contributed by atoms with Crippen LogP contribution in [0.3, 0.4) is 0 Å². The Morgan fingerprint density at radius 3 is 2.14 bits per heavy atom. The molecule has 1 heteroatoms. The monoisotopic (exact) mass is 207 g/mol. The maximum Gasteiger partial charge on any atom is 0.0936 e. The van der Waals surface area contributed by atoms with Gasteiger partial charge in [-0.1, -0.05) is 18.2 Å². The molecule has 1 aromatic rings. The lowest BCUT2D eigenvalue weighted by molar-refractivity contribution is 0.886. The van der Waals surface area contributed by atoms with E-state index < -0.39 is 7.26 Å². The second-order valence-electron chi connectivity index (χ2n) is 4.81. The van der Waals surface area contributed by atoms with Gasteiger partial charge < -0.3 is 0 Å². The van der Waals surface area contributed by atoms with Crippen molar-refractivity contribution in [3.8, 4) is 0 Å². The molecule has 1 saturated carbocycles. The second-order valence-corrected chi connectivity index (χ2v) is 9.14. The van der Waals surface area contributed by atoms with E-state index in [0.717, 1.165) is 5.66 Å². The van der Waals surface area contributed by atoms with Crippen molar-refractivity contribution in [2.45, 2.75) is 31.3 Å². The fourth-order valence-electron chi connectivity index (χ4n) is 2.57. The summed E-state index contributed by atoms with van der Waals surface area (Å²) in [4.78, 5) is 0. The molecule has 1 aromatic carbocycles. The minimum Gasteiger partial charge on any atom is -0.0620 e. The van der Waals surface area contributed by atoms with Crippen LogP contribution in [-0.4, -0.2) is 19.0 Å². The second kappa shape index (κ2) is 4.03. The number of benzene rings is 1. The Labute approximate surface area is 88.1 Å². The first-order valence-electron chi connectivity index (χ1n) is 5.60. The van der Waals surface area contributed by atoms with E-state index in [-0.39, 0.29) is 0 Å². The minimum atomic E-state index is -0.843. The molecule has 0 N–H and O–H groups in total. The molecule has 0 aromatic heterocycles. The van der Waals surface area contributed by atoms with Gasteiger partial charge in [0.2, 0.25) is 0 Å². The van der Waals surface area contributed by atoms with Crippen LogP contribution < -0.4 is 5.30 Å². The number of hydrogen-bond donors (Lipinski definition) is 0. The Hall–Kier alpha value is -0.350. The molecular formula is C13H20P+. The van der Waals surface area contributed by atoms with E-state index in [1.54, 1.807) is 5.30 Å². The third-order valence-corrected chi connectivity index (χ3v) is 7.63. The highest BCUT2D eigenvalue weighted by Crippen LogP contribution is 2.59. The Morgan fingerprint density at radius 1 is 1.00 bits per heavy atom. The predicted octanol–water partition coefficient (Wildman–Crippen LogP) is 3.53. The van der Waals surface area contributed by atoms with E-state index in [4.69, 9.17) is 0 Å². The Morgan fingerprint density at radius 2 is 1.57 bits per heavy atom. The molecule has 14 heavy (non-hydrogen) atoms. The van der Waals surface area contributed by atoms with Crippen molar-refractivity contribution in [2.24, 2.45) is 0 Å². The van der Waals surface area contributed by atoms with Gasteiger partial charge in [0.1, 0.15) is 0 Å². The van der Waals surface area contributed by atoms with Crippen molar-refractivity contribution in [3.63, 3.8) is 0 Å². The van der Waals surface area contributed by atoms with Gasteiger partial charge in [-0.15, -0.1) is 0 Å². The summed E-state index contributed by atoms with van der Waals surface area (Å²) in [7, 11) is -0.843. The third-order valence-electron chi connectivity index (χ3n) is 3.66. The van der Waals surface area contributed by atoms with Crippen LogP contribution in [0.4, 0.5) is 0 Å². The van der Waals surface area contributed by atoms with Crippen LogP contribution in [0.2, 0.25) is 0 Å². The Kier molecular flexibility index (Phi) is 2.93. The van der Waals surface area contributed by atoms with Gasteiger partial charge in [-0.05, 0) is 37.8 Å². The van der Waals surface area contributed by atoms with E-state index in [0.29, 0.717) is 0 Å². The van der Waals surface area contributed by atoms with Gasteiger partial charge >= 0.3 is 0 Å². The fourth-order valence-corrected chi connectivity index (χ4v) is 5.59. The summed E-state index contributed by atoms with van der Waals surface area (Å²) < 4.78 is 0. The zero-order chi connectivity index (χ0) is 10.0. The molecule has 0 nitrogen and oxygen atoms in total. The highest BCUT2D eigenvalue weighted by Gasteiger charge is 2.39. The molecule has 0 radical (unpaired) electrons. The van der Waals surface area contributed by atoms with Gasteiger partial charge in [0, 0.05) is 7.26 Å². The Bertz CT molecular complexity index is 283. The smallest absolute Gasteiger partial charge is 0.0620 e. The first-order valence-corrected chi connectivity index (χ1v) is 8.36. The molecule has 1 aliphatic carbocycles. The quantitative estimate of drug-likeness (QED) is 0.651. The van der Waals surface area contributed by atoms with Crippen LogP contribution in [-0.2, 0) is 0 Å². The van der Waals surface area contributed by atoms with E-state index in [1.807, 2.05) is 0 Å². The first-order chi connectivity index (χ1) is 6.71. The summed E-state index contributed by atoms with van der Waals surface area (Å²) in [6, 6.07) is 11.1. The largest absolute Gasteiger partial charge is 0.0936 e. The summed E-state index contributed by atoms with van der Waals surface area (Å²) >= 11 is 0. The highest BCUT2D eigenvalue weighted by molar-refractivity contribution is 7.82. The Balaban J connectivity index is 2.22. The van der Waals surface area contributed by atoms with Crippen LogP contribution in [0.1, 0.15) is 25.7 Å². The predicted molar refractivity (Wildman–Crippen MR) is 67.1 cm³/mol. The van der Waals surface area contributed by atoms with Crippen LogP contribution >= 0.6 is 7.26 Å². The van der Waals surface area contributed by atoms with E-state index in [2.05, 4.69) is 43.7 Å². The number of rotatable bonds is 2. The highest BCUT2D eigenvalue weighted by atomic mass is 31.2. The lowest BCUT2D eigenvalue weighted by atomic mass is 10.4. The van der Waals surface area contributed by atoms with Crippen molar-refractivity contribution in [1.82, 2.24) is 0 Å². The first kappa shape index (κ1) is 10.2. The summed E-state index contributed by atoms with van der Waals surface area (Å²) in [6.45, 7) is 5.02. The lowest BCUT2D eigenvalue weighted by Gasteiger charge is -2.24. The SMILES string of the molecule is C[P+](C)(c1ccccc1)C1CCCC1. The molecule has 1 aliphatic rings. The molecule has 0 amide bonds. The summed E-state index contributed by atoms with van der Waals surface area (Å²) in [5, 5.41) is 1.62. The van der Waals surface area contributed by atoms with Crippen LogP contribution in [0.25, 0.3) is 0 Å². The molecule has 76 valence electrons. The summed E-state index contributed by atoms with van der Waals surface area (Å²) in [5.41, 5.74) is 1.00. The molecule has 0 spiro atoms. The summed E-state index contributed by atoms with van der Waals surface area (Å²) in [5.74, 6) is 0. The standard InChI is InChI=1S/C13H20P/c1-14(2,13-10-6-7-11-13)12-8-4-3-5-9-12/h3-5,8-9,13H,6-7,10-11H2,1-2H3/q+1. The maximum absolute atomic E-state index is 2.51. The fraction of sp³-hybridized carbons (Fsp3) is 0.538. The molecule has 0 unspecified atom stereocenters. The van der Waals surface area contributed by atoms with Crippen molar-refractivity contribution in [2.75, 3.05) is 13.3 Å². The van der Waals surface area contributed by atoms with Gasteiger partial charge in [0.05, 0.1) is 24.3 Å². The minimum absolute atomic E-state index is 0.843. The summed E-state index contributed by atoms with van der Waals surface area (Å²) in [6.07, 6.45) is 5.85. The average Bonchev–Trinajstić information content (AvgIpc) is 2.72. The number of hydrogen-bond acceptors (Lipinski definition) is 0. The van der Waals surface area contributed by atoms with Gasteiger partial charge in [-0.2, -0.15) is 0 Å². The molecule has 0 bridgehead atoms. The van der Waals surface area contributed by atoms with Gasteiger partial charge in [-0.3, -0.25) is 0 Å². The van der Waals surface area contributed by atoms with Crippen molar-refractivity contribution in [3.05, 3.63) is 30.3 Å². The average molecular weight is 207 g/mol. The van der Waals surface area contributed by atoms with Crippen molar-refractivity contribution >= 4 is 12.6 Å². The van der Waals surface area contributed by atoms with Crippen LogP contribution in [0, 0.1) is 0 Å². The van der Waals surface area contributed by atoms with E-state index in [1.165, 1.54) is 25.7 Å². The molecular weight excluding hydrogens is 187 g/mol. The topological polar surface area (TPSA) is 0 Å². The van der Waals surface area contributed by atoms with Crippen molar-refractivity contribution in [1.29, 1.82) is 0 Å².